The molecule has 96 valence electrons. The van der Waals surface area contributed by atoms with Crippen LogP contribution in [0.5, 0.6) is 0 Å². The monoisotopic (exact) mass is 247 g/mol. The zero-order chi connectivity index (χ0) is 13.4. The predicted molar refractivity (Wildman–Crippen MR) is 71.3 cm³/mol. The maximum Gasteiger partial charge on any atom is 0.244 e. The van der Waals surface area contributed by atoms with Gasteiger partial charge in [-0.05, 0) is 13.8 Å². The van der Waals surface area contributed by atoms with Crippen LogP contribution in [0.3, 0.4) is 0 Å². The fourth-order valence-electron chi connectivity index (χ4n) is 1.32. The lowest BCUT2D eigenvalue weighted by Gasteiger charge is -2.15. The minimum atomic E-state index is 0.367. The summed E-state index contributed by atoms with van der Waals surface area (Å²) in [5.74, 6) is 1.38. The Balaban J connectivity index is 3.09. The highest BCUT2D eigenvalue weighted by molar-refractivity contribution is 5.64. The zero-order valence-electron chi connectivity index (χ0n) is 10.6. The summed E-state index contributed by atoms with van der Waals surface area (Å²) in [5, 5.41) is 23.1. The summed E-state index contributed by atoms with van der Waals surface area (Å²) in [6.07, 6.45) is 3.65. The SMILES string of the molecule is C=CCN(C#N)c1nnc(NCC)nc1NCC. The van der Waals surface area contributed by atoms with Crippen molar-refractivity contribution in [2.24, 2.45) is 0 Å². The first-order chi connectivity index (χ1) is 8.76. The van der Waals surface area contributed by atoms with Gasteiger partial charge in [-0.15, -0.1) is 16.8 Å². The molecule has 0 radical (unpaired) electrons. The van der Waals surface area contributed by atoms with Crippen molar-refractivity contribution < 1.29 is 0 Å². The summed E-state index contributed by atoms with van der Waals surface area (Å²) in [4.78, 5) is 5.66. The molecule has 7 nitrogen and oxygen atoms in total. The lowest BCUT2D eigenvalue weighted by atomic mass is 10.4. The third-order valence-electron chi connectivity index (χ3n) is 2.04. The predicted octanol–water partition coefficient (Wildman–Crippen LogP) is 1.21. The van der Waals surface area contributed by atoms with Crippen molar-refractivity contribution in [3.63, 3.8) is 0 Å². The number of anilines is 3. The van der Waals surface area contributed by atoms with Crippen molar-refractivity contribution in [2.45, 2.75) is 13.8 Å². The van der Waals surface area contributed by atoms with Crippen LogP contribution in [0, 0.1) is 11.5 Å². The number of hydrogen-bond acceptors (Lipinski definition) is 7. The Hall–Kier alpha value is -2.36. The molecule has 1 heterocycles. The molecule has 0 aliphatic carbocycles. The van der Waals surface area contributed by atoms with Crippen molar-refractivity contribution >= 4 is 17.6 Å². The fourth-order valence-corrected chi connectivity index (χ4v) is 1.32. The number of hydrogen-bond donors (Lipinski definition) is 2. The Labute approximate surface area is 107 Å². The van der Waals surface area contributed by atoms with Crippen molar-refractivity contribution in [3.05, 3.63) is 12.7 Å². The van der Waals surface area contributed by atoms with Gasteiger partial charge in [0.05, 0.1) is 6.54 Å². The van der Waals surface area contributed by atoms with Crippen LogP contribution < -0.4 is 15.5 Å². The molecule has 0 aliphatic heterocycles. The molecule has 0 spiro atoms. The van der Waals surface area contributed by atoms with Crippen molar-refractivity contribution in [2.75, 3.05) is 35.2 Å². The van der Waals surface area contributed by atoms with Gasteiger partial charge in [-0.25, -0.2) is 0 Å². The largest absolute Gasteiger partial charge is 0.367 e. The fraction of sp³-hybridized carbons (Fsp3) is 0.455. The van der Waals surface area contributed by atoms with Gasteiger partial charge in [0.1, 0.15) is 0 Å². The first-order valence-electron chi connectivity index (χ1n) is 5.77. The van der Waals surface area contributed by atoms with Gasteiger partial charge in [-0.2, -0.15) is 10.2 Å². The van der Waals surface area contributed by atoms with E-state index >= 15 is 0 Å². The Bertz CT molecular complexity index is 438. The summed E-state index contributed by atoms with van der Waals surface area (Å²) in [7, 11) is 0. The van der Waals surface area contributed by atoms with E-state index in [9.17, 15) is 0 Å². The van der Waals surface area contributed by atoms with Gasteiger partial charge in [-0.1, -0.05) is 6.08 Å². The van der Waals surface area contributed by atoms with E-state index in [0.717, 1.165) is 0 Å². The average Bonchev–Trinajstić information content (AvgIpc) is 2.38. The molecule has 0 fully saturated rings. The van der Waals surface area contributed by atoms with E-state index in [4.69, 9.17) is 5.26 Å². The highest BCUT2D eigenvalue weighted by atomic mass is 15.3. The van der Waals surface area contributed by atoms with Gasteiger partial charge in [0.2, 0.25) is 11.8 Å². The molecule has 0 saturated heterocycles. The van der Waals surface area contributed by atoms with Crippen LogP contribution in [0.2, 0.25) is 0 Å². The Morgan fingerprint density at radius 2 is 2.06 bits per heavy atom. The van der Waals surface area contributed by atoms with Crippen molar-refractivity contribution in [1.29, 1.82) is 5.26 Å². The molecule has 0 unspecified atom stereocenters. The normalized spacial score (nSPS) is 9.39. The van der Waals surface area contributed by atoms with Crippen LogP contribution in [-0.4, -0.2) is 34.8 Å². The summed E-state index contributed by atoms with van der Waals surface area (Å²) in [6, 6.07) is 0. The smallest absolute Gasteiger partial charge is 0.244 e. The Morgan fingerprint density at radius 3 is 2.61 bits per heavy atom. The Kier molecular flexibility index (Phi) is 5.38. The van der Waals surface area contributed by atoms with E-state index in [0.29, 0.717) is 37.2 Å². The molecule has 1 aromatic rings. The van der Waals surface area contributed by atoms with Gasteiger partial charge in [0.15, 0.2) is 12.0 Å². The van der Waals surface area contributed by atoms with E-state index < -0.39 is 0 Å². The summed E-state index contributed by atoms with van der Waals surface area (Å²) < 4.78 is 0. The molecule has 0 saturated carbocycles. The molecular weight excluding hydrogens is 230 g/mol. The molecule has 2 N–H and O–H groups in total. The average molecular weight is 247 g/mol. The van der Waals surface area contributed by atoms with Crippen LogP contribution in [0.25, 0.3) is 0 Å². The first kappa shape index (κ1) is 13.7. The maximum absolute atomic E-state index is 9.07. The van der Waals surface area contributed by atoms with Gasteiger partial charge < -0.3 is 10.6 Å². The van der Waals surface area contributed by atoms with E-state index in [2.05, 4.69) is 32.4 Å². The van der Waals surface area contributed by atoms with E-state index in [-0.39, 0.29) is 0 Å². The number of rotatable bonds is 7. The van der Waals surface area contributed by atoms with Crippen molar-refractivity contribution in [1.82, 2.24) is 15.2 Å². The summed E-state index contributed by atoms with van der Waals surface area (Å²) >= 11 is 0. The highest BCUT2D eigenvalue weighted by Crippen LogP contribution is 2.20. The maximum atomic E-state index is 9.07. The lowest BCUT2D eigenvalue weighted by Crippen LogP contribution is -2.21. The molecule has 0 amide bonds. The van der Waals surface area contributed by atoms with Gasteiger partial charge in [-0.3, -0.25) is 4.90 Å². The van der Waals surface area contributed by atoms with Gasteiger partial charge in [0, 0.05) is 13.1 Å². The zero-order valence-corrected chi connectivity index (χ0v) is 10.6. The molecule has 7 heteroatoms. The first-order valence-corrected chi connectivity index (χ1v) is 5.77. The van der Waals surface area contributed by atoms with Crippen LogP contribution >= 0.6 is 0 Å². The third kappa shape index (κ3) is 3.31. The van der Waals surface area contributed by atoms with Gasteiger partial charge >= 0.3 is 0 Å². The third-order valence-corrected chi connectivity index (χ3v) is 2.04. The minimum Gasteiger partial charge on any atom is -0.367 e. The van der Waals surface area contributed by atoms with Crippen LogP contribution in [0.4, 0.5) is 17.6 Å². The van der Waals surface area contributed by atoms with E-state index in [1.165, 1.54) is 4.90 Å². The minimum absolute atomic E-state index is 0.367. The van der Waals surface area contributed by atoms with E-state index in [1.807, 2.05) is 20.0 Å². The molecule has 0 atom stereocenters. The second kappa shape index (κ2) is 7.06. The quantitative estimate of drug-likeness (QED) is 0.425. The second-order valence-electron chi connectivity index (χ2n) is 3.37. The standard InChI is InChI=1S/C11H17N7/c1-4-7-18(8-12)10-9(13-5-2)15-11(14-6-3)17-16-10/h4H,1,5-7H2,2-3H3,(H2,13,14,15,17). The molecular formula is C11H17N7. The number of aromatic nitrogens is 3. The second-order valence-corrected chi connectivity index (χ2v) is 3.37. The number of nitrogens with one attached hydrogen (secondary N) is 2. The lowest BCUT2D eigenvalue weighted by molar-refractivity contribution is 0.913. The Morgan fingerprint density at radius 1 is 1.33 bits per heavy atom. The van der Waals surface area contributed by atoms with Crippen LogP contribution in [0.1, 0.15) is 13.8 Å². The molecule has 0 bridgehead atoms. The van der Waals surface area contributed by atoms with Crippen LogP contribution in [0.15, 0.2) is 12.7 Å². The molecule has 1 rings (SSSR count). The molecule has 0 aromatic carbocycles. The summed E-state index contributed by atoms with van der Waals surface area (Å²) in [5.41, 5.74) is 0. The topological polar surface area (TPSA) is 89.8 Å². The highest BCUT2D eigenvalue weighted by Gasteiger charge is 2.14. The summed E-state index contributed by atoms with van der Waals surface area (Å²) in [6.45, 7) is 9.26. The molecule has 0 aliphatic rings. The van der Waals surface area contributed by atoms with Crippen LogP contribution in [-0.2, 0) is 0 Å². The number of nitriles is 1. The van der Waals surface area contributed by atoms with Gasteiger partial charge in [0.25, 0.3) is 0 Å². The van der Waals surface area contributed by atoms with E-state index in [1.54, 1.807) is 6.08 Å². The number of nitrogens with zero attached hydrogens (tertiary/aromatic N) is 5. The molecule has 18 heavy (non-hydrogen) atoms. The van der Waals surface area contributed by atoms with Crippen molar-refractivity contribution in [3.8, 4) is 6.19 Å². The molecule has 1 aromatic heterocycles.